The van der Waals surface area contributed by atoms with Gasteiger partial charge in [-0.15, -0.1) is 0 Å². The summed E-state index contributed by atoms with van der Waals surface area (Å²) in [6.07, 6.45) is 4.81. The number of aryl methyl sites for hydroxylation is 1. The number of fused-ring (bicyclic) bond motifs is 3. The third-order valence-corrected chi connectivity index (χ3v) is 9.58. The number of rotatable bonds is 6. The van der Waals surface area contributed by atoms with E-state index < -0.39 is 29.4 Å². The average Bonchev–Trinajstić information content (AvgIpc) is 3.43. The highest BCUT2D eigenvalue weighted by atomic mass is 19.1. The number of nitrogens with zero attached hydrogens (tertiary/aromatic N) is 5. The molecule has 8 nitrogen and oxygen atoms in total. The average molecular weight is 608 g/mol. The molecule has 232 valence electrons. The standard InChI is InChI=1S/C33H36F3N5O3/c1-2-23-26(35)8-7-19-12-22(43)13-24(27(19)23)29-28(36)30-25(15-37-29)31(40-10-4-3-6-21(42)17-40)39-32(38-30)44-18-33-9-5-11-41(33)16-20(34)14-33/h7-8,12-13,15,20-21,42-43H,2-6,9-11,14,16-18H2,1H3/t20-,21?,33+/m1/s1. The molecule has 0 spiro atoms. The summed E-state index contributed by atoms with van der Waals surface area (Å²) >= 11 is 0. The van der Waals surface area contributed by atoms with E-state index in [2.05, 4.69) is 14.9 Å². The van der Waals surface area contributed by atoms with Crippen LogP contribution in [0.25, 0.3) is 32.9 Å². The second kappa shape index (κ2) is 11.3. The van der Waals surface area contributed by atoms with E-state index in [0.717, 1.165) is 32.2 Å². The zero-order valence-corrected chi connectivity index (χ0v) is 24.7. The van der Waals surface area contributed by atoms with Crippen molar-refractivity contribution in [1.29, 1.82) is 0 Å². The van der Waals surface area contributed by atoms with Gasteiger partial charge in [-0.1, -0.05) is 13.0 Å². The third kappa shape index (κ3) is 4.99. The summed E-state index contributed by atoms with van der Waals surface area (Å²) in [4.78, 5) is 17.8. The predicted octanol–water partition coefficient (Wildman–Crippen LogP) is 5.70. The van der Waals surface area contributed by atoms with Crippen molar-refractivity contribution in [2.75, 3.05) is 37.7 Å². The van der Waals surface area contributed by atoms with E-state index in [1.54, 1.807) is 6.07 Å². The molecule has 3 aliphatic heterocycles. The lowest BCUT2D eigenvalue weighted by Crippen LogP contribution is -2.43. The Morgan fingerprint density at radius 2 is 1.95 bits per heavy atom. The predicted molar refractivity (Wildman–Crippen MR) is 162 cm³/mol. The van der Waals surface area contributed by atoms with Gasteiger partial charge in [0.2, 0.25) is 0 Å². The van der Waals surface area contributed by atoms with Crippen molar-refractivity contribution in [1.82, 2.24) is 19.9 Å². The number of halogens is 3. The fourth-order valence-corrected chi connectivity index (χ4v) is 7.51. The van der Waals surface area contributed by atoms with Gasteiger partial charge in [0.25, 0.3) is 0 Å². The van der Waals surface area contributed by atoms with Gasteiger partial charge in [-0.2, -0.15) is 9.97 Å². The number of pyridine rings is 1. The second-order valence-corrected chi connectivity index (χ2v) is 12.4. The molecule has 3 aliphatic rings. The first kappa shape index (κ1) is 29.0. The maximum atomic E-state index is 16.7. The fraction of sp³-hybridized carbons (Fsp3) is 0.485. The molecule has 11 heteroatoms. The number of benzene rings is 2. The summed E-state index contributed by atoms with van der Waals surface area (Å²) in [6, 6.07) is 5.77. The van der Waals surface area contributed by atoms with Crippen LogP contribution in [-0.4, -0.2) is 80.7 Å². The summed E-state index contributed by atoms with van der Waals surface area (Å²) in [6.45, 7) is 4.09. The summed E-state index contributed by atoms with van der Waals surface area (Å²) in [5.41, 5.74) is 0.0914. The van der Waals surface area contributed by atoms with Crippen molar-refractivity contribution < 1.29 is 28.1 Å². The van der Waals surface area contributed by atoms with Gasteiger partial charge in [0.1, 0.15) is 41.4 Å². The monoisotopic (exact) mass is 607 g/mol. The Bertz CT molecular complexity index is 1740. The molecular formula is C33H36F3N5O3. The highest BCUT2D eigenvalue weighted by molar-refractivity contribution is 6.01. The minimum atomic E-state index is -0.924. The van der Waals surface area contributed by atoms with Crippen LogP contribution in [0.3, 0.4) is 0 Å². The molecule has 2 aromatic heterocycles. The van der Waals surface area contributed by atoms with Gasteiger partial charge in [-0.3, -0.25) is 9.88 Å². The molecule has 5 heterocycles. The summed E-state index contributed by atoms with van der Waals surface area (Å²) in [5.74, 6) is -0.872. The van der Waals surface area contributed by atoms with Crippen LogP contribution in [0.1, 0.15) is 51.0 Å². The Morgan fingerprint density at radius 1 is 1.09 bits per heavy atom. The van der Waals surface area contributed by atoms with Crippen LogP contribution in [0.2, 0.25) is 0 Å². The Labute approximate surface area is 253 Å². The molecule has 44 heavy (non-hydrogen) atoms. The number of β-amino-alcohol motifs (C(OH)–C–C–N with tert-alkyl or cyclic N) is 1. The minimum absolute atomic E-state index is 0.0322. The van der Waals surface area contributed by atoms with Crippen LogP contribution in [-0.2, 0) is 6.42 Å². The maximum absolute atomic E-state index is 16.7. The number of phenols is 1. The van der Waals surface area contributed by atoms with E-state index in [9.17, 15) is 19.0 Å². The number of aromatic nitrogens is 3. The molecule has 0 bridgehead atoms. The highest BCUT2D eigenvalue weighted by Gasteiger charge is 2.49. The second-order valence-electron chi connectivity index (χ2n) is 12.4. The molecule has 0 radical (unpaired) electrons. The lowest BCUT2D eigenvalue weighted by molar-refractivity contribution is 0.107. The van der Waals surface area contributed by atoms with E-state index in [1.165, 1.54) is 24.4 Å². The maximum Gasteiger partial charge on any atom is 0.319 e. The molecule has 0 amide bonds. The van der Waals surface area contributed by atoms with Crippen molar-refractivity contribution in [3.8, 4) is 23.0 Å². The van der Waals surface area contributed by atoms with Gasteiger partial charge in [-0.05, 0) is 79.6 Å². The fourth-order valence-electron chi connectivity index (χ4n) is 7.51. The molecule has 0 saturated carbocycles. The molecule has 7 rings (SSSR count). The van der Waals surface area contributed by atoms with E-state index >= 15 is 4.39 Å². The van der Waals surface area contributed by atoms with Crippen LogP contribution in [0.4, 0.5) is 19.0 Å². The first-order chi connectivity index (χ1) is 21.3. The van der Waals surface area contributed by atoms with Gasteiger partial charge >= 0.3 is 6.01 Å². The number of aliphatic hydroxyl groups excluding tert-OH is 1. The number of alkyl halides is 1. The largest absolute Gasteiger partial charge is 0.508 e. The Balaban J connectivity index is 1.38. The van der Waals surface area contributed by atoms with E-state index in [1.807, 2.05) is 11.8 Å². The molecule has 4 aromatic rings. The molecule has 3 fully saturated rings. The number of aromatic hydroxyl groups is 1. The van der Waals surface area contributed by atoms with E-state index in [-0.39, 0.29) is 35.1 Å². The Morgan fingerprint density at radius 3 is 2.80 bits per heavy atom. The van der Waals surface area contributed by atoms with Gasteiger partial charge in [-0.25, -0.2) is 13.2 Å². The minimum Gasteiger partial charge on any atom is -0.508 e. The SMILES string of the molecule is CCc1c(F)ccc2cc(O)cc(-c3ncc4c(N5CCCCC(O)C5)nc(OC[C@@]56CCCN5C[C@H](F)C6)nc4c3F)c12. The summed E-state index contributed by atoms with van der Waals surface area (Å²) < 4.78 is 52.3. The first-order valence-electron chi connectivity index (χ1n) is 15.5. The molecule has 2 aromatic carbocycles. The molecule has 3 atom stereocenters. The van der Waals surface area contributed by atoms with Crippen molar-refractivity contribution in [2.24, 2.45) is 0 Å². The van der Waals surface area contributed by atoms with Crippen molar-refractivity contribution >= 4 is 27.5 Å². The lowest BCUT2D eigenvalue weighted by atomic mass is 9.94. The normalized spacial score (nSPS) is 24.2. The van der Waals surface area contributed by atoms with Crippen LogP contribution >= 0.6 is 0 Å². The molecule has 1 unspecified atom stereocenters. The van der Waals surface area contributed by atoms with Crippen LogP contribution in [0.5, 0.6) is 11.8 Å². The zero-order valence-electron chi connectivity index (χ0n) is 24.7. The van der Waals surface area contributed by atoms with Crippen molar-refractivity contribution in [2.45, 2.75) is 69.7 Å². The molecular weight excluding hydrogens is 571 g/mol. The van der Waals surface area contributed by atoms with Crippen molar-refractivity contribution in [3.05, 3.63) is 47.7 Å². The van der Waals surface area contributed by atoms with Gasteiger partial charge in [0.05, 0.1) is 17.0 Å². The lowest BCUT2D eigenvalue weighted by Gasteiger charge is -2.31. The highest BCUT2D eigenvalue weighted by Crippen LogP contribution is 2.42. The van der Waals surface area contributed by atoms with E-state index in [0.29, 0.717) is 66.4 Å². The Hall–Kier alpha value is -3.70. The summed E-state index contributed by atoms with van der Waals surface area (Å²) in [7, 11) is 0. The molecule has 0 aliphatic carbocycles. The number of hydrogen-bond acceptors (Lipinski definition) is 8. The van der Waals surface area contributed by atoms with Gasteiger partial charge in [0.15, 0.2) is 5.82 Å². The number of hydrogen-bond donors (Lipinski definition) is 2. The van der Waals surface area contributed by atoms with Gasteiger partial charge < -0.3 is 19.8 Å². The molecule has 3 saturated heterocycles. The Kier molecular flexibility index (Phi) is 7.48. The zero-order chi connectivity index (χ0) is 30.6. The summed E-state index contributed by atoms with van der Waals surface area (Å²) in [5, 5.41) is 22.5. The van der Waals surface area contributed by atoms with E-state index in [4.69, 9.17) is 9.72 Å². The number of anilines is 1. The quantitative estimate of drug-likeness (QED) is 0.289. The number of aliphatic hydroxyl groups is 1. The first-order valence-corrected chi connectivity index (χ1v) is 15.5. The molecule has 2 N–H and O–H groups in total. The number of ether oxygens (including phenoxy) is 1. The smallest absolute Gasteiger partial charge is 0.319 e. The van der Waals surface area contributed by atoms with Crippen LogP contribution in [0, 0.1) is 11.6 Å². The van der Waals surface area contributed by atoms with Crippen LogP contribution < -0.4 is 9.64 Å². The third-order valence-electron chi connectivity index (χ3n) is 9.58. The van der Waals surface area contributed by atoms with Crippen LogP contribution in [0.15, 0.2) is 30.5 Å². The number of phenolic OH excluding ortho intramolecular Hbond substituents is 1. The van der Waals surface area contributed by atoms with Gasteiger partial charge in [0, 0.05) is 37.8 Å². The topological polar surface area (TPSA) is 94.8 Å². The van der Waals surface area contributed by atoms with Crippen molar-refractivity contribution in [3.63, 3.8) is 0 Å².